The molecule has 0 atom stereocenters. The lowest BCUT2D eigenvalue weighted by atomic mass is 10.3. The molecule has 130 valence electrons. The zero-order valence-electron chi connectivity index (χ0n) is 13.4. The first-order valence-electron chi connectivity index (χ1n) is 7.82. The Hall–Kier alpha value is -2.21. The van der Waals surface area contributed by atoms with E-state index in [4.69, 9.17) is 27.9 Å². The van der Waals surface area contributed by atoms with Crippen molar-refractivity contribution in [2.45, 2.75) is 16.4 Å². The number of ether oxygens (including phenoxy) is 1. The Morgan fingerprint density at radius 3 is 2.58 bits per heavy atom. The second kappa shape index (κ2) is 7.58. The Kier molecular flexibility index (Phi) is 5.02. The van der Waals surface area contributed by atoms with Gasteiger partial charge in [0.25, 0.3) is 0 Å². The van der Waals surface area contributed by atoms with Crippen LogP contribution >= 0.6 is 35.0 Å². The number of pyridine rings is 1. The van der Waals surface area contributed by atoms with Crippen LogP contribution in [0.15, 0.2) is 70.7 Å². The monoisotopic (exact) mass is 401 g/mol. The topological polar surface area (TPSA) is 50.8 Å². The highest BCUT2D eigenvalue weighted by Gasteiger charge is 2.07. The maximum atomic E-state index is 6.00. The highest BCUT2D eigenvalue weighted by atomic mass is 35.5. The third kappa shape index (κ3) is 3.96. The number of rotatable bonds is 5. The number of aromatic nitrogens is 3. The average molecular weight is 402 g/mol. The highest BCUT2D eigenvalue weighted by Crippen LogP contribution is 2.29. The molecule has 0 unspecified atom stereocenters. The molecular weight excluding hydrogens is 389 g/mol. The molecule has 4 nitrogen and oxygen atoms in total. The van der Waals surface area contributed by atoms with Crippen LogP contribution in [0.25, 0.3) is 11.0 Å². The van der Waals surface area contributed by atoms with Crippen LogP contribution in [0.2, 0.25) is 10.0 Å². The molecule has 4 rings (SSSR count). The predicted octanol–water partition coefficient (Wildman–Crippen LogP) is 5.99. The van der Waals surface area contributed by atoms with Crippen LogP contribution in [0.1, 0.15) is 5.82 Å². The fraction of sp³-hybridized carbons (Fsp3) is 0.0526. The van der Waals surface area contributed by atoms with Crippen LogP contribution in [-0.2, 0) is 6.61 Å². The number of benzene rings is 2. The molecule has 0 radical (unpaired) electrons. The van der Waals surface area contributed by atoms with E-state index in [0.717, 1.165) is 26.6 Å². The molecule has 7 heteroatoms. The molecule has 4 aromatic rings. The van der Waals surface area contributed by atoms with Gasteiger partial charge in [-0.15, -0.1) is 0 Å². The number of nitrogens with one attached hydrogen (secondary N) is 1. The van der Waals surface area contributed by atoms with E-state index in [1.54, 1.807) is 42.4 Å². The Bertz CT molecular complexity index is 1050. The fourth-order valence-electron chi connectivity index (χ4n) is 2.43. The summed E-state index contributed by atoms with van der Waals surface area (Å²) in [6.07, 6.45) is 3.57. The van der Waals surface area contributed by atoms with E-state index in [0.29, 0.717) is 22.4 Å². The van der Waals surface area contributed by atoms with Crippen LogP contribution in [0.4, 0.5) is 0 Å². The predicted molar refractivity (Wildman–Crippen MR) is 105 cm³/mol. The molecule has 0 bridgehead atoms. The molecule has 0 spiro atoms. The van der Waals surface area contributed by atoms with Crippen molar-refractivity contribution in [1.29, 1.82) is 0 Å². The van der Waals surface area contributed by atoms with Gasteiger partial charge in [0.05, 0.1) is 21.1 Å². The first kappa shape index (κ1) is 17.2. The minimum absolute atomic E-state index is 0.319. The lowest BCUT2D eigenvalue weighted by Crippen LogP contribution is -1.97. The van der Waals surface area contributed by atoms with Gasteiger partial charge in [0.1, 0.15) is 18.2 Å². The van der Waals surface area contributed by atoms with E-state index in [-0.39, 0.29) is 0 Å². The van der Waals surface area contributed by atoms with Crippen LogP contribution in [0.3, 0.4) is 0 Å². The van der Waals surface area contributed by atoms with Crippen molar-refractivity contribution in [3.63, 3.8) is 0 Å². The summed E-state index contributed by atoms with van der Waals surface area (Å²) in [5.74, 6) is 1.39. The van der Waals surface area contributed by atoms with Gasteiger partial charge in [-0.05, 0) is 42.5 Å². The third-order valence-electron chi connectivity index (χ3n) is 3.66. The summed E-state index contributed by atoms with van der Waals surface area (Å²) >= 11 is 13.6. The van der Waals surface area contributed by atoms with Crippen molar-refractivity contribution in [1.82, 2.24) is 15.0 Å². The Balaban J connectivity index is 1.49. The van der Waals surface area contributed by atoms with Gasteiger partial charge in [0, 0.05) is 28.3 Å². The van der Waals surface area contributed by atoms with Crippen molar-refractivity contribution >= 4 is 46.0 Å². The van der Waals surface area contributed by atoms with E-state index < -0.39 is 0 Å². The smallest absolute Gasteiger partial charge is 0.146 e. The second-order valence-corrected chi connectivity index (χ2v) is 7.47. The first-order valence-corrected chi connectivity index (χ1v) is 9.39. The molecule has 0 amide bonds. The van der Waals surface area contributed by atoms with E-state index >= 15 is 0 Å². The number of halogens is 2. The van der Waals surface area contributed by atoms with E-state index in [1.807, 2.05) is 18.2 Å². The summed E-state index contributed by atoms with van der Waals surface area (Å²) < 4.78 is 5.73. The molecule has 0 saturated heterocycles. The van der Waals surface area contributed by atoms with Gasteiger partial charge < -0.3 is 9.72 Å². The molecule has 1 N–H and O–H groups in total. The van der Waals surface area contributed by atoms with Crippen LogP contribution in [0.5, 0.6) is 5.75 Å². The molecule has 2 heterocycles. The summed E-state index contributed by atoms with van der Waals surface area (Å²) in [5.41, 5.74) is 1.87. The summed E-state index contributed by atoms with van der Waals surface area (Å²) in [4.78, 5) is 14.2. The number of hydrogen-bond acceptors (Lipinski definition) is 4. The molecule has 0 fully saturated rings. The summed E-state index contributed by atoms with van der Waals surface area (Å²) in [5, 5.41) is 0.966. The molecule has 0 saturated carbocycles. The minimum Gasteiger partial charge on any atom is -0.486 e. The van der Waals surface area contributed by atoms with Gasteiger partial charge in [-0.3, -0.25) is 4.98 Å². The summed E-state index contributed by atoms with van der Waals surface area (Å²) in [7, 11) is 0. The zero-order chi connectivity index (χ0) is 17.9. The fourth-order valence-corrected chi connectivity index (χ4v) is 3.56. The van der Waals surface area contributed by atoms with Gasteiger partial charge in [0.2, 0.25) is 0 Å². The molecular formula is C19H13Cl2N3OS. The number of nitrogens with zero attached hydrogens (tertiary/aromatic N) is 2. The van der Waals surface area contributed by atoms with E-state index in [9.17, 15) is 0 Å². The summed E-state index contributed by atoms with van der Waals surface area (Å²) in [6.45, 7) is 0.319. The van der Waals surface area contributed by atoms with Crippen LogP contribution < -0.4 is 4.74 Å². The van der Waals surface area contributed by atoms with E-state index in [2.05, 4.69) is 27.1 Å². The molecule has 26 heavy (non-hydrogen) atoms. The van der Waals surface area contributed by atoms with Gasteiger partial charge >= 0.3 is 0 Å². The summed E-state index contributed by atoms with van der Waals surface area (Å²) in [6, 6.07) is 15.3. The second-order valence-electron chi connectivity index (χ2n) is 5.51. The van der Waals surface area contributed by atoms with Gasteiger partial charge in [-0.2, -0.15) is 0 Å². The van der Waals surface area contributed by atoms with Gasteiger partial charge in [0.15, 0.2) is 0 Å². The normalized spacial score (nSPS) is 11.0. The highest BCUT2D eigenvalue weighted by molar-refractivity contribution is 7.99. The molecule has 0 aliphatic carbocycles. The number of imidazole rings is 1. The van der Waals surface area contributed by atoms with E-state index in [1.165, 1.54) is 0 Å². The lowest BCUT2D eigenvalue weighted by Gasteiger charge is -2.05. The average Bonchev–Trinajstić information content (AvgIpc) is 3.06. The molecule has 2 aromatic carbocycles. The molecule has 2 aromatic heterocycles. The van der Waals surface area contributed by atoms with Crippen LogP contribution in [0, 0.1) is 0 Å². The van der Waals surface area contributed by atoms with Gasteiger partial charge in [-0.25, -0.2) is 4.98 Å². The zero-order valence-corrected chi connectivity index (χ0v) is 15.8. The third-order valence-corrected chi connectivity index (χ3v) is 5.39. The molecule has 0 aliphatic rings. The SMILES string of the molecule is Clc1ccc(OCc2nc3cc(Sc4ccncc4)ccc3[nH]2)cc1Cl. The lowest BCUT2D eigenvalue weighted by molar-refractivity contribution is 0.297. The Labute approximate surface area is 164 Å². The number of hydrogen-bond donors (Lipinski definition) is 1. The quantitative estimate of drug-likeness (QED) is 0.445. The molecule has 0 aliphatic heterocycles. The maximum absolute atomic E-state index is 6.00. The minimum atomic E-state index is 0.319. The maximum Gasteiger partial charge on any atom is 0.146 e. The first-order chi connectivity index (χ1) is 12.7. The van der Waals surface area contributed by atoms with Crippen molar-refractivity contribution < 1.29 is 4.74 Å². The van der Waals surface area contributed by atoms with Crippen molar-refractivity contribution in [2.24, 2.45) is 0 Å². The van der Waals surface area contributed by atoms with Crippen molar-refractivity contribution in [3.05, 3.63) is 76.8 Å². The number of fused-ring (bicyclic) bond motifs is 1. The van der Waals surface area contributed by atoms with Crippen molar-refractivity contribution in [3.8, 4) is 5.75 Å². The van der Waals surface area contributed by atoms with Gasteiger partial charge in [-0.1, -0.05) is 35.0 Å². The standard InChI is InChI=1S/C19H13Cl2N3OS/c20-15-3-1-12(9-16(15)21)25-11-19-23-17-4-2-14(10-18(17)24-19)26-13-5-7-22-8-6-13/h1-10H,11H2,(H,23,24). The van der Waals surface area contributed by atoms with Crippen LogP contribution in [-0.4, -0.2) is 15.0 Å². The number of H-pyrrole nitrogens is 1. The largest absolute Gasteiger partial charge is 0.486 e. The Morgan fingerprint density at radius 2 is 1.77 bits per heavy atom. The van der Waals surface area contributed by atoms with Crippen molar-refractivity contribution in [2.75, 3.05) is 0 Å². The number of aromatic amines is 1. The Morgan fingerprint density at radius 1 is 0.923 bits per heavy atom.